The largest absolute Gasteiger partial charge is 0.494 e. The van der Waals surface area contributed by atoms with E-state index in [0.29, 0.717) is 19.8 Å². The van der Waals surface area contributed by atoms with E-state index in [9.17, 15) is 0 Å². The van der Waals surface area contributed by atoms with E-state index in [-0.39, 0.29) is 0 Å². The number of rotatable bonds is 9. The molecule has 3 aromatic carbocycles. The first kappa shape index (κ1) is 19.6. The maximum absolute atomic E-state index is 5.80. The maximum Gasteiger partial charge on any atom is 0.119 e. The summed E-state index contributed by atoms with van der Waals surface area (Å²) in [5.74, 6) is 2.64. The number of hydrogen-bond donors (Lipinski definition) is 0. The summed E-state index contributed by atoms with van der Waals surface area (Å²) in [5, 5.41) is 0. The van der Waals surface area contributed by atoms with Gasteiger partial charge in [-0.2, -0.15) is 0 Å². The third-order valence-electron chi connectivity index (χ3n) is 4.20. The van der Waals surface area contributed by atoms with Gasteiger partial charge in [-0.3, -0.25) is 0 Å². The summed E-state index contributed by atoms with van der Waals surface area (Å²) in [7, 11) is 0. The van der Waals surface area contributed by atoms with E-state index in [2.05, 4.69) is 24.3 Å². The molecule has 0 aliphatic carbocycles. The lowest BCUT2D eigenvalue weighted by Crippen LogP contribution is -1.93. The van der Waals surface area contributed by atoms with Crippen LogP contribution in [-0.4, -0.2) is 19.8 Å². The van der Waals surface area contributed by atoms with Crippen molar-refractivity contribution in [3.63, 3.8) is 0 Å². The minimum absolute atomic E-state index is 0.523. The van der Waals surface area contributed by atoms with Crippen LogP contribution in [0, 0.1) is 0 Å². The van der Waals surface area contributed by atoms with Crippen LogP contribution in [0.2, 0.25) is 0 Å². The molecule has 0 fully saturated rings. The van der Waals surface area contributed by atoms with Crippen molar-refractivity contribution < 1.29 is 14.2 Å². The summed E-state index contributed by atoms with van der Waals surface area (Å²) in [6, 6.07) is 24.3. The Morgan fingerprint density at radius 1 is 0.571 bits per heavy atom. The highest BCUT2D eigenvalue weighted by Crippen LogP contribution is 2.24. The van der Waals surface area contributed by atoms with E-state index in [0.717, 1.165) is 33.9 Å². The molecule has 0 atom stereocenters. The quantitative estimate of drug-likeness (QED) is 0.443. The molecule has 0 aliphatic rings. The summed E-state index contributed by atoms with van der Waals surface area (Å²) in [4.78, 5) is 0. The highest BCUT2D eigenvalue weighted by atomic mass is 16.5. The summed E-state index contributed by atoms with van der Waals surface area (Å²) in [5.41, 5.74) is 3.43. The van der Waals surface area contributed by atoms with Gasteiger partial charge in [-0.15, -0.1) is 0 Å². The molecule has 0 saturated heterocycles. The van der Waals surface area contributed by atoms with Gasteiger partial charge in [0.1, 0.15) is 23.9 Å². The van der Waals surface area contributed by atoms with E-state index < -0.39 is 0 Å². The van der Waals surface area contributed by atoms with Gasteiger partial charge in [-0.05, 0) is 73.0 Å². The summed E-state index contributed by atoms with van der Waals surface area (Å²) in [6.07, 6.45) is 4.06. The molecule has 0 unspecified atom stereocenters. The molecule has 0 heterocycles. The van der Waals surface area contributed by atoms with Crippen LogP contribution in [0.5, 0.6) is 17.2 Å². The van der Waals surface area contributed by atoms with Gasteiger partial charge in [0.15, 0.2) is 0 Å². The fourth-order valence-corrected chi connectivity index (χ4v) is 2.82. The highest BCUT2D eigenvalue weighted by molar-refractivity contribution is 5.64. The van der Waals surface area contributed by atoms with E-state index in [1.807, 2.05) is 74.5 Å². The highest BCUT2D eigenvalue weighted by Gasteiger charge is 2.00. The van der Waals surface area contributed by atoms with Crippen LogP contribution >= 0.6 is 0 Å². The Morgan fingerprint density at radius 2 is 1.00 bits per heavy atom. The van der Waals surface area contributed by atoms with Crippen LogP contribution in [0.25, 0.3) is 17.2 Å². The second-order valence-corrected chi connectivity index (χ2v) is 6.20. The van der Waals surface area contributed by atoms with Crippen LogP contribution < -0.4 is 14.2 Å². The molecule has 0 N–H and O–H groups in total. The zero-order chi connectivity index (χ0) is 19.6. The Kier molecular flexibility index (Phi) is 7.14. The van der Waals surface area contributed by atoms with Crippen LogP contribution in [0.4, 0.5) is 0 Å². The first-order valence-electron chi connectivity index (χ1n) is 9.64. The molecule has 28 heavy (non-hydrogen) atoms. The molecule has 3 heteroatoms. The van der Waals surface area contributed by atoms with E-state index in [1.54, 1.807) is 0 Å². The van der Waals surface area contributed by atoms with Crippen LogP contribution in [-0.2, 0) is 0 Å². The lowest BCUT2D eigenvalue weighted by molar-refractivity contribution is 0.340. The lowest BCUT2D eigenvalue weighted by atomic mass is 10.1. The zero-order valence-electron chi connectivity index (χ0n) is 16.4. The van der Waals surface area contributed by atoms with Crippen molar-refractivity contribution in [2.24, 2.45) is 0 Å². The molecule has 0 aliphatic heterocycles. The molecular weight excluding hydrogens is 348 g/mol. The van der Waals surface area contributed by atoms with E-state index in [4.69, 9.17) is 14.2 Å². The smallest absolute Gasteiger partial charge is 0.119 e. The van der Waals surface area contributed by atoms with Crippen LogP contribution in [0.3, 0.4) is 0 Å². The molecule has 0 aromatic heterocycles. The maximum atomic E-state index is 5.80. The molecule has 3 nitrogen and oxygen atoms in total. The number of hydrogen-bond acceptors (Lipinski definition) is 3. The van der Waals surface area contributed by atoms with Crippen molar-refractivity contribution in [2.45, 2.75) is 13.8 Å². The first-order valence-corrected chi connectivity index (χ1v) is 9.64. The predicted octanol–water partition coefficient (Wildman–Crippen LogP) is 6.24. The van der Waals surface area contributed by atoms with Gasteiger partial charge in [0, 0.05) is 0 Å². The SMILES string of the molecule is CCOc1ccc(/C=C/COc2ccc(-c3ccc(OCC)cc3)cc2)cc1. The van der Waals surface area contributed by atoms with Crippen LogP contribution in [0.15, 0.2) is 78.9 Å². The zero-order valence-corrected chi connectivity index (χ0v) is 16.4. The second-order valence-electron chi connectivity index (χ2n) is 6.20. The van der Waals surface area contributed by atoms with Gasteiger partial charge in [-0.1, -0.05) is 42.5 Å². The monoisotopic (exact) mass is 374 g/mol. The average molecular weight is 374 g/mol. The molecule has 0 bridgehead atoms. The first-order chi connectivity index (χ1) is 13.8. The van der Waals surface area contributed by atoms with Gasteiger partial charge in [-0.25, -0.2) is 0 Å². The Labute approximate surface area is 167 Å². The molecule has 0 saturated carbocycles. The Bertz CT molecular complexity index is 863. The van der Waals surface area contributed by atoms with Crippen molar-refractivity contribution >= 4 is 6.08 Å². The summed E-state index contributed by atoms with van der Waals surface area (Å²) < 4.78 is 16.7. The standard InChI is InChI=1S/C25H26O3/c1-3-26-23-13-7-20(8-14-23)6-5-19-28-25-17-11-22(12-18-25)21-9-15-24(16-10-21)27-4-2/h5-18H,3-4,19H2,1-2H3/b6-5+. The van der Waals surface area contributed by atoms with Crippen molar-refractivity contribution in [1.29, 1.82) is 0 Å². The molecule has 144 valence electrons. The molecule has 3 rings (SSSR count). The van der Waals surface area contributed by atoms with Crippen molar-refractivity contribution in [2.75, 3.05) is 19.8 Å². The van der Waals surface area contributed by atoms with Crippen molar-refractivity contribution in [3.05, 3.63) is 84.4 Å². The fraction of sp³-hybridized carbons (Fsp3) is 0.200. The van der Waals surface area contributed by atoms with Crippen molar-refractivity contribution in [1.82, 2.24) is 0 Å². The normalized spacial score (nSPS) is 10.8. The topological polar surface area (TPSA) is 27.7 Å². The Hall–Kier alpha value is -3.20. The summed E-state index contributed by atoms with van der Waals surface area (Å²) >= 11 is 0. The van der Waals surface area contributed by atoms with Crippen molar-refractivity contribution in [3.8, 4) is 28.4 Å². The Morgan fingerprint density at radius 3 is 1.46 bits per heavy atom. The van der Waals surface area contributed by atoms with Gasteiger partial charge in [0.2, 0.25) is 0 Å². The molecule has 3 aromatic rings. The lowest BCUT2D eigenvalue weighted by Gasteiger charge is -2.07. The summed E-state index contributed by atoms with van der Waals surface area (Å²) in [6.45, 7) is 5.85. The third-order valence-corrected chi connectivity index (χ3v) is 4.20. The van der Waals surface area contributed by atoms with Gasteiger partial charge in [0.25, 0.3) is 0 Å². The molecule has 0 radical (unpaired) electrons. The number of ether oxygens (including phenoxy) is 3. The van der Waals surface area contributed by atoms with Gasteiger partial charge >= 0.3 is 0 Å². The second kappa shape index (κ2) is 10.2. The fourth-order valence-electron chi connectivity index (χ4n) is 2.82. The minimum Gasteiger partial charge on any atom is -0.494 e. The number of benzene rings is 3. The molecule has 0 amide bonds. The third kappa shape index (κ3) is 5.65. The van der Waals surface area contributed by atoms with Gasteiger partial charge < -0.3 is 14.2 Å². The minimum atomic E-state index is 0.523. The predicted molar refractivity (Wildman–Crippen MR) is 115 cm³/mol. The Balaban J connectivity index is 1.51. The van der Waals surface area contributed by atoms with Crippen LogP contribution in [0.1, 0.15) is 19.4 Å². The molecule has 0 spiro atoms. The van der Waals surface area contributed by atoms with E-state index >= 15 is 0 Å². The van der Waals surface area contributed by atoms with Gasteiger partial charge in [0.05, 0.1) is 13.2 Å². The average Bonchev–Trinajstić information content (AvgIpc) is 2.74. The van der Waals surface area contributed by atoms with E-state index in [1.165, 1.54) is 0 Å². The molecular formula is C25H26O3.